The van der Waals surface area contributed by atoms with Crippen LogP contribution in [0.5, 0.6) is 0 Å². The van der Waals surface area contributed by atoms with Gasteiger partial charge in [0.15, 0.2) is 5.22 Å². The van der Waals surface area contributed by atoms with Crippen LogP contribution < -0.4 is 5.73 Å². The highest BCUT2D eigenvalue weighted by Gasteiger charge is 2.18. The van der Waals surface area contributed by atoms with Gasteiger partial charge in [-0.1, -0.05) is 25.1 Å². The van der Waals surface area contributed by atoms with Crippen molar-refractivity contribution in [2.75, 3.05) is 0 Å². The van der Waals surface area contributed by atoms with Gasteiger partial charge in [0.25, 0.3) is 5.91 Å². The Morgan fingerprint density at radius 2 is 2.18 bits per heavy atom. The number of halogens is 1. The normalized spacial score (nSPS) is 11.2. The lowest BCUT2D eigenvalue weighted by atomic mass is 10.2. The number of carbonyl (C=O) groups excluding carboxylic acids is 1. The number of rotatable bonds is 5. The van der Waals surface area contributed by atoms with Gasteiger partial charge in [-0.15, -0.1) is 5.10 Å². The first-order valence-electron chi connectivity index (χ1n) is 6.99. The Balaban J connectivity index is 2.04. The lowest BCUT2D eigenvalue weighted by molar-refractivity contribution is 0.0990. The van der Waals surface area contributed by atoms with Gasteiger partial charge >= 0.3 is 0 Å². The molecule has 2 heterocycles. The molecule has 0 saturated carbocycles. The molecule has 0 bridgehead atoms. The van der Waals surface area contributed by atoms with Crippen molar-refractivity contribution in [3.05, 3.63) is 46.7 Å². The SMILES string of the molecule is CCCc1nc(C(N)=O)nn1Cc1c(Cl)oc2ccccc12. The number of furan rings is 1. The fraction of sp³-hybridized carbons (Fsp3) is 0.267. The fourth-order valence-corrected chi connectivity index (χ4v) is 2.62. The molecule has 114 valence electrons. The maximum atomic E-state index is 11.3. The van der Waals surface area contributed by atoms with Gasteiger partial charge in [-0.2, -0.15) is 0 Å². The third-order valence-electron chi connectivity index (χ3n) is 3.40. The molecule has 3 aromatic rings. The van der Waals surface area contributed by atoms with Crippen LogP contribution >= 0.6 is 11.6 Å². The topological polar surface area (TPSA) is 86.9 Å². The van der Waals surface area contributed by atoms with E-state index in [1.54, 1.807) is 4.68 Å². The number of aryl methyl sites for hydroxylation is 1. The Bertz CT molecular complexity index is 837. The van der Waals surface area contributed by atoms with E-state index in [0.717, 1.165) is 23.0 Å². The zero-order chi connectivity index (χ0) is 15.7. The molecular weight excluding hydrogens is 304 g/mol. The van der Waals surface area contributed by atoms with E-state index in [-0.39, 0.29) is 5.82 Å². The molecule has 6 nitrogen and oxygen atoms in total. The second-order valence-electron chi connectivity index (χ2n) is 4.97. The predicted molar refractivity (Wildman–Crippen MR) is 82.9 cm³/mol. The first kappa shape index (κ1) is 14.6. The number of hydrogen-bond acceptors (Lipinski definition) is 4. The predicted octanol–water partition coefficient (Wildman–Crippen LogP) is 2.78. The number of fused-ring (bicyclic) bond motifs is 1. The summed E-state index contributed by atoms with van der Waals surface area (Å²) >= 11 is 6.20. The van der Waals surface area contributed by atoms with E-state index < -0.39 is 5.91 Å². The number of amides is 1. The molecular formula is C15H15ClN4O2. The number of aromatic nitrogens is 3. The Morgan fingerprint density at radius 3 is 2.91 bits per heavy atom. The minimum absolute atomic E-state index is 0.0207. The summed E-state index contributed by atoms with van der Waals surface area (Å²) in [6.45, 7) is 2.41. The zero-order valence-corrected chi connectivity index (χ0v) is 12.8. The summed E-state index contributed by atoms with van der Waals surface area (Å²) in [4.78, 5) is 15.5. The smallest absolute Gasteiger partial charge is 0.288 e. The van der Waals surface area contributed by atoms with Gasteiger partial charge < -0.3 is 10.2 Å². The van der Waals surface area contributed by atoms with E-state index in [1.807, 2.05) is 31.2 Å². The van der Waals surface area contributed by atoms with Gasteiger partial charge in [0.1, 0.15) is 11.4 Å². The maximum Gasteiger partial charge on any atom is 0.288 e. The van der Waals surface area contributed by atoms with Crippen LogP contribution in [0.15, 0.2) is 28.7 Å². The van der Waals surface area contributed by atoms with Crippen LogP contribution in [0.1, 0.15) is 35.4 Å². The van der Waals surface area contributed by atoms with E-state index in [0.29, 0.717) is 24.0 Å². The molecule has 3 rings (SSSR count). The van der Waals surface area contributed by atoms with Crippen molar-refractivity contribution in [2.45, 2.75) is 26.3 Å². The van der Waals surface area contributed by atoms with Gasteiger partial charge in [0, 0.05) is 17.4 Å². The van der Waals surface area contributed by atoms with Crippen LogP contribution in [0.3, 0.4) is 0 Å². The molecule has 0 aliphatic heterocycles. The lowest BCUT2D eigenvalue weighted by Gasteiger charge is -2.04. The summed E-state index contributed by atoms with van der Waals surface area (Å²) in [5.74, 6) is 0.0873. The Labute approximate surface area is 131 Å². The van der Waals surface area contributed by atoms with Gasteiger partial charge in [0.2, 0.25) is 5.82 Å². The summed E-state index contributed by atoms with van der Waals surface area (Å²) in [6.07, 6.45) is 1.59. The molecule has 1 amide bonds. The number of nitrogens with zero attached hydrogens (tertiary/aromatic N) is 3. The Kier molecular flexibility index (Phi) is 3.85. The number of carbonyl (C=O) groups is 1. The lowest BCUT2D eigenvalue weighted by Crippen LogP contribution is -2.13. The minimum Gasteiger partial charge on any atom is -0.444 e. The van der Waals surface area contributed by atoms with Crippen LogP contribution in [0.25, 0.3) is 11.0 Å². The summed E-state index contributed by atoms with van der Waals surface area (Å²) in [7, 11) is 0. The quantitative estimate of drug-likeness (QED) is 0.783. The average Bonchev–Trinajstić information content (AvgIpc) is 3.02. The first-order valence-corrected chi connectivity index (χ1v) is 7.37. The molecule has 0 fully saturated rings. The average molecular weight is 319 g/mol. The highest BCUT2D eigenvalue weighted by atomic mass is 35.5. The minimum atomic E-state index is -0.640. The van der Waals surface area contributed by atoms with E-state index in [2.05, 4.69) is 10.1 Å². The van der Waals surface area contributed by atoms with Crippen molar-refractivity contribution in [2.24, 2.45) is 5.73 Å². The van der Waals surface area contributed by atoms with Crippen molar-refractivity contribution in [1.82, 2.24) is 14.8 Å². The van der Waals surface area contributed by atoms with Crippen molar-refractivity contribution >= 4 is 28.5 Å². The first-order chi connectivity index (χ1) is 10.6. The molecule has 1 aromatic carbocycles. The van der Waals surface area contributed by atoms with Crippen molar-refractivity contribution in [3.63, 3.8) is 0 Å². The van der Waals surface area contributed by atoms with E-state index in [1.165, 1.54) is 0 Å². The van der Waals surface area contributed by atoms with Crippen LogP contribution in [-0.2, 0) is 13.0 Å². The molecule has 0 aliphatic rings. The second-order valence-corrected chi connectivity index (χ2v) is 5.32. The van der Waals surface area contributed by atoms with Crippen molar-refractivity contribution in [1.29, 1.82) is 0 Å². The Hall–Kier alpha value is -2.34. The number of benzene rings is 1. The fourth-order valence-electron chi connectivity index (χ4n) is 2.38. The number of primary amides is 1. The van der Waals surface area contributed by atoms with Crippen molar-refractivity contribution < 1.29 is 9.21 Å². The van der Waals surface area contributed by atoms with E-state index >= 15 is 0 Å². The summed E-state index contributed by atoms with van der Waals surface area (Å²) < 4.78 is 7.20. The number of nitrogens with two attached hydrogens (primary N) is 1. The standard InChI is InChI=1S/C15H15ClN4O2/c1-2-5-12-18-15(14(17)21)19-20(12)8-10-9-6-3-4-7-11(9)22-13(10)16/h3-4,6-7H,2,5,8H2,1H3,(H2,17,21). The van der Waals surface area contributed by atoms with Gasteiger partial charge in [0.05, 0.1) is 6.54 Å². The number of hydrogen-bond donors (Lipinski definition) is 1. The van der Waals surface area contributed by atoms with Gasteiger partial charge in [-0.05, 0) is 24.1 Å². The molecule has 0 saturated heterocycles. The monoisotopic (exact) mass is 318 g/mol. The largest absolute Gasteiger partial charge is 0.444 e. The van der Waals surface area contributed by atoms with Gasteiger partial charge in [-0.3, -0.25) is 4.79 Å². The van der Waals surface area contributed by atoms with Crippen LogP contribution in [0.2, 0.25) is 5.22 Å². The molecule has 0 radical (unpaired) electrons. The molecule has 2 aromatic heterocycles. The van der Waals surface area contributed by atoms with Crippen LogP contribution in [0.4, 0.5) is 0 Å². The van der Waals surface area contributed by atoms with Crippen LogP contribution in [0, 0.1) is 0 Å². The van der Waals surface area contributed by atoms with E-state index in [9.17, 15) is 4.79 Å². The molecule has 0 unspecified atom stereocenters. The molecule has 0 spiro atoms. The summed E-state index contributed by atoms with van der Waals surface area (Å²) in [5, 5.41) is 5.42. The third kappa shape index (κ3) is 2.57. The summed E-state index contributed by atoms with van der Waals surface area (Å²) in [6, 6.07) is 7.59. The third-order valence-corrected chi connectivity index (χ3v) is 3.70. The zero-order valence-electron chi connectivity index (χ0n) is 12.0. The highest BCUT2D eigenvalue weighted by Crippen LogP contribution is 2.30. The maximum absolute atomic E-state index is 11.3. The molecule has 7 heteroatoms. The van der Waals surface area contributed by atoms with Gasteiger partial charge in [-0.25, -0.2) is 9.67 Å². The highest BCUT2D eigenvalue weighted by molar-refractivity contribution is 6.30. The molecule has 22 heavy (non-hydrogen) atoms. The Morgan fingerprint density at radius 1 is 1.41 bits per heavy atom. The van der Waals surface area contributed by atoms with E-state index in [4.69, 9.17) is 21.8 Å². The van der Waals surface area contributed by atoms with Crippen LogP contribution in [-0.4, -0.2) is 20.7 Å². The summed E-state index contributed by atoms with van der Waals surface area (Å²) in [5.41, 5.74) is 6.80. The second kappa shape index (κ2) is 5.81. The molecule has 0 aliphatic carbocycles. The molecule has 0 atom stereocenters. The molecule has 2 N–H and O–H groups in total. The number of para-hydroxylation sites is 1. The van der Waals surface area contributed by atoms with Crippen molar-refractivity contribution in [3.8, 4) is 0 Å².